The number of aliphatic carboxylic acids is 1. The number of nitrogens with zero attached hydrogens (tertiary/aromatic N) is 1. The van der Waals surface area contributed by atoms with Crippen molar-refractivity contribution in [1.82, 2.24) is 4.98 Å². The Morgan fingerprint density at radius 3 is 2.72 bits per heavy atom. The van der Waals surface area contributed by atoms with Gasteiger partial charge in [-0.25, -0.2) is 9.78 Å². The van der Waals surface area contributed by atoms with Crippen LogP contribution in [-0.4, -0.2) is 35.4 Å². The molecular formula is C12H16BrNO4. The summed E-state index contributed by atoms with van der Waals surface area (Å²) in [5.74, 6) is -0.817. The van der Waals surface area contributed by atoms with Crippen LogP contribution in [0.1, 0.15) is 18.9 Å². The maximum absolute atomic E-state index is 11.4. The third-order valence-electron chi connectivity index (χ3n) is 2.57. The Kier molecular flexibility index (Phi) is 5.10. The molecule has 5 nitrogen and oxygen atoms in total. The second-order valence-electron chi connectivity index (χ2n) is 3.99. The average Bonchev–Trinajstić information content (AvgIpc) is 2.31. The molecule has 0 saturated heterocycles. The summed E-state index contributed by atoms with van der Waals surface area (Å²) in [6, 6.07) is 1.82. The normalized spacial score (nSPS) is 14.0. The standard InChI is InChI=1S/C12H16BrNO4/c1-4-12(7-17-3,11(15)16)18-10-9(13)5-8(2)6-14-10/h5-6H,4,7H2,1-3H3,(H,15,16). The number of hydrogen-bond acceptors (Lipinski definition) is 4. The summed E-state index contributed by atoms with van der Waals surface area (Å²) in [6.07, 6.45) is 1.90. The van der Waals surface area contributed by atoms with Gasteiger partial charge in [0.2, 0.25) is 11.5 Å². The quantitative estimate of drug-likeness (QED) is 0.872. The van der Waals surface area contributed by atoms with Crippen LogP contribution in [0.15, 0.2) is 16.7 Å². The minimum Gasteiger partial charge on any atom is -0.478 e. The minimum absolute atomic E-state index is 0.0408. The lowest BCUT2D eigenvalue weighted by molar-refractivity contribution is -0.161. The summed E-state index contributed by atoms with van der Waals surface area (Å²) in [5, 5.41) is 9.31. The molecule has 0 saturated carbocycles. The second kappa shape index (κ2) is 6.15. The van der Waals surface area contributed by atoms with Crippen LogP contribution in [0.5, 0.6) is 5.88 Å². The van der Waals surface area contributed by atoms with Crippen LogP contribution in [0.25, 0.3) is 0 Å². The van der Waals surface area contributed by atoms with Crippen molar-refractivity contribution in [2.75, 3.05) is 13.7 Å². The summed E-state index contributed by atoms with van der Waals surface area (Å²) in [6.45, 7) is 3.58. The zero-order valence-corrected chi connectivity index (χ0v) is 12.2. The molecule has 1 N–H and O–H groups in total. The predicted molar refractivity (Wildman–Crippen MR) is 69.8 cm³/mol. The van der Waals surface area contributed by atoms with E-state index in [1.165, 1.54) is 7.11 Å². The van der Waals surface area contributed by atoms with Gasteiger partial charge >= 0.3 is 5.97 Å². The maximum atomic E-state index is 11.4. The van der Waals surface area contributed by atoms with E-state index in [0.717, 1.165) is 5.56 Å². The SMILES string of the molecule is CCC(COC)(Oc1ncc(C)cc1Br)C(=O)O. The Bertz CT molecular complexity index is 438. The van der Waals surface area contributed by atoms with Crippen LogP contribution in [0, 0.1) is 6.92 Å². The lowest BCUT2D eigenvalue weighted by Gasteiger charge is -2.28. The number of aryl methyl sites for hydroxylation is 1. The first-order valence-corrected chi connectivity index (χ1v) is 6.28. The summed E-state index contributed by atoms with van der Waals surface area (Å²) in [7, 11) is 1.44. The van der Waals surface area contributed by atoms with Gasteiger partial charge in [-0.1, -0.05) is 6.92 Å². The highest BCUT2D eigenvalue weighted by Crippen LogP contribution is 2.28. The number of halogens is 1. The molecule has 0 bridgehead atoms. The number of carbonyl (C=O) groups is 1. The van der Waals surface area contributed by atoms with Crippen molar-refractivity contribution >= 4 is 21.9 Å². The van der Waals surface area contributed by atoms with Gasteiger partial charge < -0.3 is 14.6 Å². The monoisotopic (exact) mass is 317 g/mol. The molecule has 0 aliphatic rings. The molecule has 18 heavy (non-hydrogen) atoms. The second-order valence-corrected chi connectivity index (χ2v) is 4.84. The fourth-order valence-corrected chi connectivity index (χ4v) is 2.02. The highest BCUT2D eigenvalue weighted by atomic mass is 79.9. The minimum atomic E-state index is -1.42. The molecule has 0 aromatic carbocycles. The smallest absolute Gasteiger partial charge is 0.350 e. The van der Waals surface area contributed by atoms with Crippen molar-refractivity contribution in [3.63, 3.8) is 0 Å². The Morgan fingerprint density at radius 1 is 1.61 bits per heavy atom. The zero-order valence-electron chi connectivity index (χ0n) is 10.6. The number of ether oxygens (including phenoxy) is 2. The lowest BCUT2D eigenvalue weighted by atomic mass is 10.0. The fourth-order valence-electron chi connectivity index (χ4n) is 1.47. The Hall–Kier alpha value is -1.14. The summed E-state index contributed by atoms with van der Waals surface area (Å²) in [5.41, 5.74) is -0.460. The van der Waals surface area contributed by atoms with Crippen LogP contribution in [0.2, 0.25) is 0 Å². The van der Waals surface area contributed by atoms with E-state index >= 15 is 0 Å². The molecule has 0 radical (unpaired) electrons. The van der Waals surface area contributed by atoms with Crippen molar-refractivity contribution in [3.05, 3.63) is 22.3 Å². The van der Waals surface area contributed by atoms with E-state index in [1.54, 1.807) is 13.1 Å². The number of hydrogen-bond donors (Lipinski definition) is 1. The molecule has 0 aliphatic heterocycles. The van der Waals surface area contributed by atoms with E-state index in [1.807, 2.05) is 13.0 Å². The topological polar surface area (TPSA) is 68.7 Å². The van der Waals surface area contributed by atoms with Gasteiger partial charge in [0.15, 0.2) is 0 Å². The Morgan fingerprint density at radius 2 is 2.28 bits per heavy atom. The van der Waals surface area contributed by atoms with Crippen LogP contribution in [-0.2, 0) is 9.53 Å². The highest BCUT2D eigenvalue weighted by Gasteiger charge is 2.40. The Balaban J connectivity index is 3.06. The molecular weight excluding hydrogens is 302 g/mol. The summed E-state index contributed by atoms with van der Waals surface area (Å²) in [4.78, 5) is 15.5. The first-order chi connectivity index (χ1) is 8.45. The van der Waals surface area contributed by atoms with Crippen molar-refractivity contribution in [2.24, 2.45) is 0 Å². The number of rotatable bonds is 6. The van der Waals surface area contributed by atoms with Crippen molar-refractivity contribution < 1.29 is 19.4 Å². The van der Waals surface area contributed by atoms with Crippen molar-refractivity contribution in [1.29, 1.82) is 0 Å². The van der Waals surface area contributed by atoms with Crippen LogP contribution in [0.4, 0.5) is 0 Å². The van der Waals surface area contributed by atoms with E-state index < -0.39 is 11.6 Å². The van der Waals surface area contributed by atoms with Gasteiger partial charge in [-0.15, -0.1) is 0 Å². The van der Waals surface area contributed by atoms with Gasteiger partial charge in [0, 0.05) is 13.3 Å². The van der Waals surface area contributed by atoms with E-state index in [9.17, 15) is 9.90 Å². The number of carboxylic acid groups (broad SMARTS) is 1. The predicted octanol–water partition coefficient (Wildman–Crippen LogP) is 2.41. The number of pyridine rings is 1. The first-order valence-electron chi connectivity index (χ1n) is 5.48. The Labute approximate surface area is 114 Å². The highest BCUT2D eigenvalue weighted by molar-refractivity contribution is 9.10. The van der Waals surface area contributed by atoms with E-state index in [2.05, 4.69) is 20.9 Å². The zero-order chi connectivity index (χ0) is 13.8. The molecule has 1 unspecified atom stereocenters. The molecule has 1 rings (SSSR count). The van der Waals surface area contributed by atoms with E-state index in [4.69, 9.17) is 9.47 Å². The van der Waals surface area contributed by atoms with E-state index in [-0.39, 0.29) is 18.9 Å². The van der Waals surface area contributed by atoms with Gasteiger partial charge in [-0.2, -0.15) is 0 Å². The molecule has 1 heterocycles. The van der Waals surface area contributed by atoms with Crippen LogP contribution >= 0.6 is 15.9 Å². The van der Waals surface area contributed by atoms with Crippen LogP contribution < -0.4 is 4.74 Å². The van der Waals surface area contributed by atoms with Gasteiger partial charge in [0.1, 0.15) is 0 Å². The largest absolute Gasteiger partial charge is 0.478 e. The van der Waals surface area contributed by atoms with Crippen molar-refractivity contribution in [2.45, 2.75) is 25.9 Å². The van der Waals surface area contributed by atoms with Gasteiger partial charge in [-0.3, -0.25) is 0 Å². The molecule has 100 valence electrons. The molecule has 6 heteroatoms. The number of aromatic nitrogens is 1. The first kappa shape index (κ1) is 14.9. The van der Waals surface area contributed by atoms with Gasteiger partial charge in [0.25, 0.3) is 0 Å². The average molecular weight is 318 g/mol. The number of methoxy groups -OCH3 is 1. The summed E-state index contributed by atoms with van der Waals surface area (Å²) < 4.78 is 11.1. The maximum Gasteiger partial charge on any atom is 0.350 e. The van der Waals surface area contributed by atoms with Gasteiger partial charge in [-0.05, 0) is 40.9 Å². The summed E-state index contributed by atoms with van der Waals surface area (Å²) >= 11 is 3.31. The molecule has 0 fully saturated rings. The van der Waals surface area contributed by atoms with E-state index in [0.29, 0.717) is 4.47 Å². The van der Waals surface area contributed by atoms with Crippen molar-refractivity contribution in [3.8, 4) is 5.88 Å². The fraction of sp³-hybridized carbons (Fsp3) is 0.500. The molecule has 0 aliphatic carbocycles. The molecule has 0 amide bonds. The molecule has 1 aromatic heterocycles. The lowest BCUT2D eigenvalue weighted by Crippen LogP contribution is -2.48. The molecule has 0 spiro atoms. The third-order valence-corrected chi connectivity index (χ3v) is 3.14. The van der Waals surface area contributed by atoms with Crippen LogP contribution in [0.3, 0.4) is 0 Å². The third kappa shape index (κ3) is 3.20. The number of carboxylic acids is 1. The molecule has 1 aromatic rings. The molecule has 1 atom stereocenters. The van der Waals surface area contributed by atoms with Gasteiger partial charge in [0.05, 0.1) is 11.1 Å².